The maximum atomic E-state index is 12.2. The molecule has 2 N–H and O–H groups in total. The highest BCUT2D eigenvalue weighted by molar-refractivity contribution is 7.92. The second-order valence-corrected chi connectivity index (χ2v) is 6.66. The van der Waals surface area contributed by atoms with Crippen molar-refractivity contribution in [2.75, 3.05) is 23.4 Å². The van der Waals surface area contributed by atoms with Crippen LogP contribution in [0.15, 0.2) is 36.4 Å². The average Bonchev–Trinajstić information content (AvgIpc) is 2.46. The van der Waals surface area contributed by atoms with Crippen molar-refractivity contribution in [1.82, 2.24) is 4.98 Å². The molecule has 8 heteroatoms. The maximum absolute atomic E-state index is 12.2. The minimum Gasteiger partial charge on any atom is -0.495 e. The SMILES string of the molecule is COc1ccc(NC(=O)c2cccc(C)n2)cc1NS(C)(=O)=O. The fourth-order valence-electron chi connectivity index (χ4n) is 1.93. The van der Waals surface area contributed by atoms with Crippen molar-refractivity contribution in [1.29, 1.82) is 0 Å². The highest BCUT2D eigenvalue weighted by atomic mass is 32.2. The van der Waals surface area contributed by atoms with Crippen LogP contribution in [-0.4, -0.2) is 32.7 Å². The van der Waals surface area contributed by atoms with Crippen LogP contribution in [0.3, 0.4) is 0 Å². The molecule has 0 unspecified atom stereocenters. The lowest BCUT2D eigenvalue weighted by atomic mass is 10.2. The number of rotatable bonds is 5. The van der Waals surface area contributed by atoms with E-state index in [9.17, 15) is 13.2 Å². The largest absolute Gasteiger partial charge is 0.495 e. The Morgan fingerprint density at radius 2 is 1.96 bits per heavy atom. The molecule has 0 radical (unpaired) electrons. The first kappa shape index (κ1) is 16.8. The number of aromatic nitrogens is 1. The van der Waals surface area contributed by atoms with Gasteiger partial charge in [-0.1, -0.05) is 6.07 Å². The summed E-state index contributed by atoms with van der Waals surface area (Å²) in [5.41, 5.74) is 1.67. The quantitative estimate of drug-likeness (QED) is 0.871. The van der Waals surface area contributed by atoms with Crippen LogP contribution in [0.1, 0.15) is 16.2 Å². The van der Waals surface area contributed by atoms with Gasteiger partial charge in [0.1, 0.15) is 11.4 Å². The Morgan fingerprint density at radius 1 is 1.22 bits per heavy atom. The summed E-state index contributed by atoms with van der Waals surface area (Å²) in [6, 6.07) is 9.78. The van der Waals surface area contributed by atoms with E-state index in [1.807, 2.05) is 0 Å². The molecule has 1 aromatic carbocycles. The van der Waals surface area contributed by atoms with Gasteiger partial charge in [-0.2, -0.15) is 0 Å². The normalized spacial score (nSPS) is 10.9. The van der Waals surface area contributed by atoms with Crippen LogP contribution >= 0.6 is 0 Å². The summed E-state index contributed by atoms with van der Waals surface area (Å²) in [6.45, 7) is 1.79. The zero-order valence-electron chi connectivity index (χ0n) is 13.0. The van der Waals surface area contributed by atoms with Crippen molar-refractivity contribution >= 4 is 27.3 Å². The first-order valence-corrected chi connectivity index (χ1v) is 8.58. The van der Waals surface area contributed by atoms with Crippen LogP contribution in [0.25, 0.3) is 0 Å². The van der Waals surface area contributed by atoms with Crippen LogP contribution in [0.5, 0.6) is 5.75 Å². The van der Waals surface area contributed by atoms with Crippen LogP contribution in [0.4, 0.5) is 11.4 Å². The van der Waals surface area contributed by atoms with Crippen LogP contribution < -0.4 is 14.8 Å². The number of methoxy groups -OCH3 is 1. The lowest BCUT2D eigenvalue weighted by Gasteiger charge is -2.12. The predicted molar refractivity (Wildman–Crippen MR) is 88.4 cm³/mol. The number of nitrogens with one attached hydrogen (secondary N) is 2. The summed E-state index contributed by atoms with van der Waals surface area (Å²) in [6.07, 6.45) is 1.04. The molecule has 0 atom stereocenters. The average molecular weight is 335 g/mol. The molecule has 0 aliphatic heterocycles. The van der Waals surface area contributed by atoms with Crippen molar-refractivity contribution in [2.24, 2.45) is 0 Å². The summed E-state index contributed by atoms with van der Waals surface area (Å²) < 4.78 is 30.2. The van der Waals surface area contributed by atoms with Gasteiger partial charge < -0.3 is 10.1 Å². The Hall–Kier alpha value is -2.61. The van der Waals surface area contributed by atoms with Gasteiger partial charge in [0.2, 0.25) is 10.0 Å². The Labute approximate surface area is 134 Å². The van der Waals surface area contributed by atoms with Crippen molar-refractivity contribution in [3.8, 4) is 5.75 Å². The molecule has 1 amide bonds. The number of benzene rings is 1. The minimum absolute atomic E-state index is 0.241. The third-order valence-electron chi connectivity index (χ3n) is 2.87. The smallest absolute Gasteiger partial charge is 0.274 e. The van der Waals surface area contributed by atoms with Gasteiger partial charge in [-0.25, -0.2) is 13.4 Å². The van der Waals surface area contributed by atoms with E-state index < -0.39 is 10.0 Å². The second kappa shape index (κ2) is 6.66. The van der Waals surface area contributed by atoms with Gasteiger partial charge in [0.15, 0.2) is 0 Å². The standard InChI is InChI=1S/C15H17N3O4S/c1-10-5-4-6-12(16-10)15(19)17-11-7-8-14(22-2)13(9-11)18-23(3,20)21/h4-9,18H,1-3H3,(H,17,19). The molecule has 0 aliphatic rings. The number of carbonyl (C=O) groups is 1. The van der Waals surface area contributed by atoms with E-state index in [0.717, 1.165) is 11.9 Å². The molecule has 0 fully saturated rings. The molecule has 0 bridgehead atoms. The monoisotopic (exact) mass is 335 g/mol. The van der Waals surface area contributed by atoms with E-state index in [1.54, 1.807) is 37.3 Å². The maximum Gasteiger partial charge on any atom is 0.274 e. The lowest BCUT2D eigenvalue weighted by molar-refractivity contribution is 0.102. The van der Waals surface area contributed by atoms with Gasteiger partial charge in [0.05, 0.1) is 19.1 Å². The van der Waals surface area contributed by atoms with E-state index in [1.165, 1.54) is 13.2 Å². The summed E-state index contributed by atoms with van der Waals surface area (Å²) in [7, 11) is -2.04. The molecule has 2 rings (SSSR count). The molecule has 23 heavy (non-hydrogen) atoms. The Morgan fingerprint density at radius 3 is 2.57 bits per heavy atom. The Kier molecular flexibility index (Phi) is 4.85. The van der Waals surface area contributed by atoms with E-state index in [0.29, 0.717) is 11.4 Å². The van der Waals surface area contributed by atoms with Crippen molar-refractivity contribution in [3.63, 3.8) is 0 Å². The number of anilines is 2. The van der Waals surface area contributed by atoms with Crippen LogP contribution in [-0.2, 0) is 10.0 Å². The van der Waals surface area contributed by atoms with Crippen molar-refractivity contribution < 1.29 is 17.9 Å². The molecular formula is C15H17N3O4S. The number of sulfonamides is 1. The van der Waals surface area contributed by atoms with Crippen LogP contribution in [0.2, 0.25) is 0 Å². The van der Waals surface area contributed by atoms with Gasteiger partial charge in [-0.15, -0.1) is 0 Å². The zero-order valence-corrected chi connectivity index (χ0v) is 13.8. The molecule has 0 saturated carbocycles. The molecule has 0 aliphatic carbocycles. The van der Waals surface area contributed by atoms with Crippen molar-refractivity contribution in [3.05, 3.63) is 47.8 Å². The molecule has 1 aromatic heterocycles. The third-order valence-corrected chi connectivity index (χ3v) is 3.46. The highest BCUT2D eigenvalue weighted by Crippen LogP contribution is 2.28. The van der Waals surface area contributed by atoms with Crippen molar-refractivity contribution in [2.45, 2.75) is 6.92 Å². The van der Waals surface area contributed by atoms with Gasteiger partial charge in [-0.05, 0) is 37.3 Å². The van der Waals surface area contributed by atoms with E-state index in [-0.39, 0.29) is 17.3 Å². The minimum atomic E-state index is -3.47. The topological polar surface area (TPSA) is 97.4 Å². The molecular weight excluding hydrogens is 318 g/mol. The Bertz CT molecular complexity index is 834. The first-order valence-electron chi connectivity index (χ1n) is 6.69. The van der Waals surface area contributed by atoms with E-state index >= 15 is 0 Å². The number of aryl methyl sites for hydroxylation is 1. The number of carbonyl (C=O) groups excluding carboxylic acids is 1. The zero-order chi connectivity index (χ0) is 17.0. The molecule has 0 saturated heterocycles. The van der Waals surface area contributed by atoms with Gasteiger partial charge >= 0.3 is 0 Å². The molecule has 2 aromatic rings. The molecule has 122 valence electrons. The van der Waals surface area contributed by atoms with E-state index in [2.05, 4.69) is 15.0 Å². The molecule has 1 heterocycles. The first-order chi connectivity index (χ1) is 10.8. The molecule has 7 nitrogen and oxygen atoms in total. The Balaban J connectivity index is 2.26. The number of ether oxygens (including phenoxy) is 1. The number of hydrogen-bond acceptors (Lipinski definition) is 5. The number of amides is 1. The summed E-state index contributed by atoms with van der Waals surface area (Å²) >= 11 is 0. The fourth-order valence-corrected chi connectivity index (χ4v) is 2.49. The fraction of sp³-hybridized carbons (Fsp3) is 0.200. The highest BCUT2D eigenvalue weighted by Gasteiger charge is 2.12. The number of pyridine rings is 1. The summed E-state index contributed by atoms with van der Waals surface area (Å²) in [4.78, 5) is 16.3. The van der Waals surface area contributed by atoms with E-state index in [4.69, 9.17) is 4.74 Å². The predicted octanol–water partition coefficient (Wildman–Crippen LogP) is 2.02. The second-order valence-electron chi connectivity index (χ2n) is 4.91. The van der Waals surface area contributed by atoms with Crippen LogP contribution in [0, 0.1) is 6.92 Å². The van der Waals surface area contributed by atoms with Gasteiger partial charge in [-0.3, -0.25) is 9.52 Å². The third kappa shape index (κ3) is 4.68. The lowest BCUT2D eigenvalue weighted by Crippen LogP contribution is -2.15. The van der Waals surface area contributed by atoms with Gasteiger partial charge in [0, 0.05) is 11.4 Å². The summed E-state index contributed by atoms with van der Waals surface area (Å²) in [5, 5.41) is 2.67. The number of hydrogen-bond donors (Lipinski definition) is 2. The molecule has 0 spiro atoms. The van der Waals surface area contributed by atoms with Gasteiger partial charge in [0.25, 0.3) is 5.91 Å². The number of nitrogens with zero attached hydrogens (tertiary/aromatic N) is 1. The summed E-state index contributed by atoms with van der Waals surface area (Å²) in [5.74, 6) is -0.0359.